The predicted molar refractivity (Wildman–Crippen MR) is 87.4 cm³/mol. The molecule has 0 amide bonds. The van der Waals surface area contributed by atoms with Crippen molar-refractivity contribution in [2.24, 2.45) is 11.8 Å². The number of benzene rings is 1. The number of hydrogen-bond acceptors (Lipinski definition) is 1. The summed E-state index contributed by atoms with van der Waals surface area (Å²) < 4.78 is -1.14. The zero-order chi connectivity index (χ0) is 13.9. The van der Waals surface area contributed by atoms with E-state index in [1.807, 2.05) is 6.07 Å². The van der Waals surface area contributed by atoms with Gasteiger partial charge in [0.25, 0.3) is 0 Å². The average Bonchev–Trinajstić information content (AvgIpc) is 2.70. The van der Waals surface area contributed by atoms with Gasteiger partial charge in [-0.3, -0.25) is 4.90 Å². The molecule has 0 radical (unpaired) electrons. The van der Waals surface area contributed by atoms with Gasteiger partial charge in [-0.15, -0.1) is 0 Å². The summed E-state index contributed by atoms with van der Waals surface area (Å²) in [5.74, 6) is 0.995. The van der Waals surface area contributed by atoms with Crippen molar-refractivity contribution in [1.29, 1.82) is 0 Å². The third kappa shape index (κ3) is 5.09. The largest absolute Gasteiger partial charge is 0.298 e. The quantitative estimate of drug-likeness (QED) is 0.667. The van der Waals surface area contributed by atoms with Crippen LogP contribution in [0.5, 0.6) is 0 Å². The summed E-state index contributed by atoms with van der Waals surface area (Å²) in [5.41, 5.74) is 1.34. The number of alkyl halides is 4. The molecule has 0 bridgehead atoms. The molecular weight excluding hydrogens is 368 g/mol. The van der Waals surface area contributed by atoms with Gasteiger partial charge in [0, 0.05) is 25.0 Å². The minimum absolute atomic E-state index is 0.440. The fraction of sp³-hybridized carbons (Fsp3) is 0.571. The van der Waals surface area contributed by atoms with Crippen LogP contribution in [0.2, 0.25) is 0 Å². The van der Waals surface area contributed by atoms with Gasteiger partial charge in [0.1, 0.15) is 0 Å². The summed E-state index contributed by atoms with van der Waals surface area (Å²) in [6.45, 7) is 3.03. The normalized spacial score (nSPS) is 24.8. The van der Waals surface area contributed by atoms with Crippen molar-refractivity contribution in [3.63, 3.8) is 0 Å². The van der Waals surface area contributed by atoms with E-state index < -0.39 is 3.79 Å². The molecule has 1 nitrogen and oxygen atoms in total. The summed E-state index contributed by atoms with van der Waals surface area (Å²) in [6.07, 6.45) is 0.624. The van der Waals surface area contributed by atoms with Crippen LogP contribution in [-0.4, -0.2) is 27.1 Å². The first-order chi connectivity index (χ1) is 8.98. The van der Waals surface area contributed by atoms with Crippen LogP contribution in [0, 0.1) is 11.8 Å². The van der Waals surface area contributed by atoms with Gasteiger partial charge >= 0.3 is 0 Å². The Morgan fingerprint density at radius 2 is 1.74 bits per heavy atom. The molecule has 0 aromatic heterocycles. The van der Waals surface area contributed by atoms with Crippen LogP contribution in [0.3, 0.4) is 0 Å². The van der Waals surface area contributed by atoms with Gasteiger partial charge in [-0.2, -0.15) is 0 Å². The first-order valence-electron chi connectivity index (χ1n) is 6.37. The highest BCUT2D eigenvalue weighted by molar-refractivity contribution is 9.09. The summed E-state index contributed by atoms with van der Waals surface area (Å²) in [7, 11) is 0. The van der Waals surface area contributed by atoms with Crippen molar-refractivity contribution < 1.29 is 0 Å². The van der Waals surface area contributed by atoms with Crippen molar-refractivity contribution in [3.05, 3.63) is 35.9 Å². The molecule has 1 fully saturated rings. The molecule has 1 aliphatic rings. The molecule has 5 heteroatoms. The van der Waals surface area contributed by atoms with Gasteiger partial charge in [-0.1, -0.05) is 81.1 Å². The molecule has 1 aliphatic heterocycles. The summed E-state index contributed by atoms with van der Waals surface area (Å²) in [4.78, 5) is 2.45. The number of halogens is 4. The Balaban J connectivity index is 1.95. The molecule has 106 valence electrons. The summed E-state index contributed by atoms with van der Waals surface area (Å²) in [5, 5.41) is 0.962. The van der Waals surface area contributed by atoms with Crippen LogP contribution in [0.15, 0.2) is 30.3 Å². The predicted octanol–water partition coefficient (Wildman–Crippen LogP) is 4.89. The fourth-order valence-corrected chi connectivity index (χ4v) is 4.04. The van der Waals surface area contributed by atoms with Gasteiger partial charge < -0.3 is 0 Å². The van der Waals surface area contributed by atoms with E-state index in [1.54, 1.807) is 0 Å². The minimum atomic E-state index is -1.14. The first-order valence-corrected chi connectivity index (χ1v) is 8.62. The molecular formula is C14H17BrCl3N. The number of hydrogen-bond donors (Lipinski definition) is 0. The van der Waals surface area contributed by atoms with Crippen LogP contribution >= 0.6 is 50.7 Å². The SMILES string of the molecule is ClC(Cl)(Cl)C[C@@H]1CN(Cc2ccccc2)C[C@H]1CBr. The van der Waals surface area contributed by atoms with E-state index in [0.29, 0.717) is 18.3 Å². The van der Waals surface area contributed by atoms with E-state index in [2.05, 4.69) is 45.1 Å². The lowest BCUT2D eigenvalue weighted by atomic mass is 9.95. The molecule has 0 N–H and O–H groups in total. The Hall–Kier alpha value is 0.530. The third-order valence-corrected chi connectivity index (χ3v) is 4.89. The maximum atomic E-state index is 5.94. The standard InChI is InChI=1S/C14H17BrCl3N/c15-7-13-10-19(8-11-4-2-1-3-5-11)9-12(13)6-14(16,17)18/h1-5,12-13H,6-10H2/t12-,13-/m1/s1. The van der Waals surface area contributed by atoms with E-state index in [9.17, 15) is 0 Å². The van der Waals surface area contributed by atoms with Crippen LogP contribution < -0.4 is 0 Å². The zero-order valence-corrected chi connectivity index (χ0v) is 14.4. The minimum Gasteiger partial charge on any atom is -0.298 e. The Bertz CT molecular complexity index is 393. The molecule has 0 unspecified atom stereocenters. The molecule has 1 aromatic carbocycles. The number of likely N-dealkylation sites (tertiary alicyclic amines) is 1. The highest BCUT2D eigenvalue weighted by atomic mass is 79.9. The highest BCUT2D eigenvalue weighted by Crippen LogP contribution is 2.39. The lowest BCUT2D eigenvalue weighted by molar-refractivity contribution is 0.312. The monoisotopic (exact) mass is 383 g/mol. The molecule has 2 atom stereocenters. The lowest BCUT2D eigenvalue weighted by Gasteiger charge is -2.20. The van der Waals surface area contributed by atoms with Crippen molar-refractivity contribution in [1.82, 2.24) is 4.90 Å². The van der Waals surface area contributed by atoms with Crippen LogP contribution in [0.4, 0.5) is 0 Å². The van der Waals surface area contributed by atoms with E-state index in [1.165, 1.54) is 5.56 Å². The second kappa shape index (κ2) is 7.00. The van der Waals surface area contributed by atoms with Gasteiger partial charge in [-0.25, -0.2) is 0 Å². The molecule has 1 heterocycles. The van der Waals surface area contributed by atoms with E-state index >= 15 is 0 Å². The molecule has 2 rings (SSSR count). The maximum absolute atomic E-state index is 5.94. The summed E-state index contributed by atoms with van der Waals surface area (Å²) >= 11 is 21.4. The highest BCUT2D eigenvalue weighted by Gasteiger charge is 2.36. The smallest absolute Gasteiger partial charge is 0.190 e. The molecule has 1 aromatic rings. The Kier molecular flexibility index (Phi) is 5.86. The van der Waals surface area contributed by atoms with Crippen LogP contribution in [0.1, 0.15) is 12.0 Å². The van der Waals surface area contributed by atoms with Crippen molar-refractivity contribution in [2.75, 3.05) is 18.4 Å². The lowest BCUT2D eigenvalue weighted by Crippen LogP contribution is -2.21. The number of nitrogens with zero attached hydrogens (tertiary/aromatic N) is 1. The second-order valence-corrected chi connectivity index (χ2v) is 8.34. The van der Waals surface area contributed by atoms with Crippen molar-refractivity contribution >= 4 is 50.7 Å². The van der Waals surface area contributed by atoms with Gasteiger partial charge in [0.05, 0.1) is 0 Å². The Labute approximate surface area is 138 Å². The molecule has 0 aliphatic carbocycles. The first kappa shape index (κ1) is 15.9. The molecule has 19 heavy (non-hydrogen) atoms. The van der Waals surface area contributed by atoms with Crippen molar-refractivity contribution in [3.8, 4) is 0 Å². The van der Waals surface area contributed by atoms with Crippen LogP contribution in [0.25, 0.3) is 0 Å². The van der Waals surface area contributed by atoms with Gasteiger partial charge in [0.15, 0.2) is 3.79 Å². The Morgan fingerprint density at radius 1 is 1.11 bits per heavy atom. The maximum Gasteiger partial charge on any atom is 0.190 e. The van der Waals surface area contributed by atoms with Crippen molar-refractivity contribution in [2.45, 2.75) is 16.8 Å². The van der Waals surface area contributed by atoms with E-state index in [4.69, 9.17) is 34.8 Å². The number of rotatable bonds is 4. The zero-order valence-electron chi connectivity index (χ0n) is 10.5. The molecule has 0 saturated carbocycles. The second-order valence-electron chi connectivity index (χ2n) is 5.17. The Morgan fingerprint density at radius 3 is 2.32 bits per heavy atom. The van der Waals surface area contributed by atoms with Crippen LogP contribution in [-0.2, 0) is 6.54 Å². The van der Waals surface area contributed by atoms with E-state index in [0.717, 1.165) is 25.0 Å². The fourth-order valence-electron chi connectivity index (χ4n) is 2.71. The average molecular weight is 386 g/mol. The summed E-state index contributed by atoms with van der Waals surface area (Å²) in [6, 6.07) is 10.5. The molecule has 1 saturated heterocycles. The van der Waals surface area contributed by atoms with E-state index in [-0.39, 0.29) is 0 Å². The molecule has 0 spiro atoms. The third-order valence-electron chi connectivity index (χ3n) is 3.59. The van der Waals surface area contributed by atoms with Gasteiger partial charge in [-0.05, 0) is 23.8 Å². The van der Waals surface area contributed by atoms with Gasteiger partial charge in [0.2, 0.25) is 0 Å². The topological polar surface area (TPSA) is 3.24 Å².